The highest BCUT2D eigenvalue weighted by Crippen LogP contribution is 2.23. The van der Waals surface area contributed by atoms with E-state index in [1.807, 2.05) is 26.0 Å². The maximum atomic E-state index is 13.1. The first kappa shape index (κ1) is 23.5. The van der Waals surface area contributed by atoms with Gasteiger partial charge in [-0.15, -0.1) is 0 Å². The summed E-state index contributed by atoms with van der Waals surface area (Å²) in [6, 6.07) is 3.87. The Morgan fingerprint density at radius 2 is 1.50 bits per heavy atom. The molecule has 0 saturated carbocycles. The van der Waals surface area contributed by atoms with Crippen LogP contribution < -0.4 is 44.4 Å². The van der Waals surface area contributed by atoms with Crippen LogP contribution >= 0.6 is 24.4 Å². The van der Waals surface area contributed by atoms with Crippen molar-refractivity contribution in [3.8, 4) is 11.5 Å². The predicted molar refractivity (Wildman–Crippen MR) is 130 cm³/mol. The predicted octanol–water partition coefficient (Wildman–Crippen LogP) is -1.65. The first-order valence-corrected chi connectivity index (χ1v) is 10.5. The smallest absolute Gasteiger partial charge is 0.352 e. The normalized spacial score (nSPS) is 11.1. The number of benzene rings is 1. The van der Waals surface area contributed by atoms with Crippen LogP contribution in [0.25, 0.3) is 22.6 Å². The van der Waals surface area contributed by atoms with Crippen molar-refractivity contribution in [1.29, 1.82) is 0 Å². The Morgan fingerprint density at radius 3 is 2.09 bits per heavy atom. The lowest BCUT2D eigenvalue weighted by molar-refractivity contribution is 0.541. The summed E-state index contributed by atoms with van der Waals surface area (Å²) < 4.78 is 2.81. The maximum Gasteiger partial charge on any atom is 0.352 e. The van der Waals surface area contributed by atoms with Gasteiger partial charge in [-0.05, 0) is 61.5 Å². The summed E-state index contributed by atoms with van der Waals surface area (Å²) in [7, 11) is 0. The first-order chi connectivity index (χ1) is 15.2. The molecule has 0 spiro atoms. The highest BCUT2D eigenvalue weighted by atomic mass is 32.1. The summed E-state index contributed by atoms with van der Waals surface area (Å²) in [5.41, 5.74) is 24.0. The molecule has 0 fully saturated rings. The number of hydrogen-bond donors (Lipinski definition) is 6. The third-order valence-electron chi connectivity index (χ3n) is 4.81. The van der Waals surface area contributed by atoms with Crippen LogP contribution in [0.2, 0.25) is 0 Å². The molecule has 12 nitrogen and oxygen atoms in total. The van der Waals surface area contributed by atoms with Gasteiger partial charge in [0.15, 0.2) is 21.7 Å². The van der Waals surface area contributed by atoms with Crippen LogP contribution in [-0.2, 0) is 13.1 Å². The summed E-state index contributed by atoms with van der Waals surface area (Å²) in [5.74, 6) is 0.207. The average molecular weight is 477 g/mol. The van der Waals surface area contributed by atoms with Crippen molar-refractivity contribution in [3.05, 3.63) is 44.1 Å². The van der Waals surface area contributed by atoms with Gasteiger partial charge in [-0.3, -0.25) is 20.2 Å². The average Bonchev–Trinajstić information content (AvgIpc) is 2.71. The zero-order chi connectivity index (χ0) is 23.4. The molecule has 1 aromatic carbocycles. The Morgan fingerprint density at radius 1 is 0.938 bits per heavy atom. The van der Waals surface area contributed by atoms with Gasteiger partial charge >= 0.3 is 5.69 Å². The summed E-state index contributed by atoms with van der Waals surface area (Å²) >= 11 is 9.49. The number of aryl methyl sites for hydroxylation is 2. The molecule has 3 rings (SSSR count). The summed E-state index contributed by atoms with van der Waals surface area (Å²) in [5, 5.41) is 0.155. The molecular formula is C18H24N10O2S2. The number of rotatable bonds is 8. The molecule has 32 heavy (non-hydrogen) atoms. The van der Waals surface area contributed by atoms with E-state index in [1.54, 1.807) is 4.57 Å². The Bertz CT molecular complexity index is 1270. The maximum absolute atomic E-state index is 13.1. The number of thiocarbonyl (C=S) groups is 2. The molecular weight excluding hydrogens is 452 g/mol. The summed E-state index contributed by atoms with van der Waals surface area (Å²) in [6.07, 6.45) is 0. The second kappa shape index (κ2) is 9.95. The second-order valence-electron chi connectivity index (χ2n) is 7.04. The van der Waals surface area contributed by atoms with Crippen molar-refractivity contribution in [3.63, 3.8) is 0 Å². The first-order valence-electron chi connectivity index (χ1n) is 9.68. The van der Waals surface area contributed by atoms with Gasteiger partial charge in [0.2, 0.25) is 0 Å². The lowest BCUT2D eigenvalue weighted by atomic mass is 10.1. The third-order valence-corrected chi connectivity index (χ3v) is 5.01. The van der Waals surface area contributed by atoms with Gasteiger partial charge in [-0.1, -0.05) is 0 Å². The van der Waals surface area contributed by atoms with E-state index in [0.29, 0.717) is 18.6 Å². The highest BCUT2D eigenvalue weighted by molar-refractivity contribution is 7.80. The third kappa shape index (κ3) is 5.16. The van der Waals surface area contributed by atoms with E-state index in [4.69, 9.17) is 35.9 Å². The topological polar surface area (TPSA) is 170 Å². The van der Waals surface area contributed by atoms with Crippen LogP contribution in [-0.4, -0.2) is 42.4 Å². The largest absolute Gasteiger partial charge is 0.375 e. The van der Waals surface area contributed by atoms with Gasteiger partial charge in [0, 0.05) is 26.2 Å². The van der Waals surface area contributed by atoms with Crippen molar-refractivity contribution in [2.24, 2.45) is 11.5 Å². The fourth-order valence-corrected chi connectivity index (χ4v) is 3.33. The van der Waals surface area contributed by atoms with E-state index >= 15 is 0 Å². The van der Waals surface area contributed by atoms with E-state index in [2.05, 4.69) is 31.7 Å². The fraction of sp³-hybridized carbons (Fsp3) is 0.333. The van der Waals surface area contributed by atoms with Crippen LogP contribution in [0.4, 0.5) is 0 Å². The minimum absolute atomic E-state index is 0.0506. The van der Waals surface area contributed by atoms with Crippen LogP contribution in [0, 0.1) is 13.8 Å². The van der Waals surface area contributed by atoms with Crippen molar-refractivity contribution in [1.82, 2.24) is 40.8 Å². The number of nitrogens with one attached hydrogen (secondary N) is 4. The zero-order valence-electron chi connectivity index (χ0n) is 17.6. The number of fused-ring (bicyclic) bond motifs is 2. The minimum Gasteiger partial charge on any atom is -0.375 e. The number of nitrogens with zero attached hydrogens (tertiary/aromatic N) is 4. The molecule has 0 aliphatic carbocycles. The Kier molecular flexibility index (Phi) is 7.29. The van der Waals surface area contributed by atoms with E-state index in [-0.39, 0.29) is 34.8 Å². The van der Waals surface area contributed by atoms with Crippen LogP contribution in [0.5, 0.6) is 0 Å². The molecule has 2 aliphatic heterocycles. The lowest BCUT2D eigenvalue weighted by Gasteiger charge is -2.19. The molecule has 0 aromatic heterocycles. The van der Waals surface area contributed by atoms with Crippen LogP contribution in [0.1, 0.15) is 11.1 Å². The van der Waals surface area contributed by atoms with Gasteiger partial charge in [0.25, 0.3) is 5.56 Å². The molecule has 2 heterocycles. The number of aromatic nitrogens is 4. The molecule has 8 N–H and O–H groups in total. The highest BCUT2D eigenvalue weighted by Gasteiger charge is 2.21. The zero-order valence-corrected chi connectivity index (χ0v) is 19.2. The Balaban J connectivity index is 2.09. The monoisotopic (exact) mass is 476 g/mol. The fourth-order valence-electron chi connectivity index (χ4n) is 3.18. The van der Waals surface area contributed by atoms with Gasteiger partial charge in [0.05, 0.1) is 11.0 Å². The van der Waals surface area contributed by atoms with E-state index in [9.17, 15) is 9.59 Å². The second-order valence-corrected chi connectivity index (χ2v) is 7.92. The van der Waals surface area contributed by atoms with Gasteiger partial charge in [0.1, 0.15) is 0 Å². The quantitative estimate of drug-likeness (QED) is 0.0949. The number of nitrogens with two attached hydrogens (primary N) is 2. The van der Waals surface area contributed by atoms with Crippen molar-refractivity contribution >= 4 is 45.7 Å². The lowest BCUT2D eigenvalue weighted by Crippen LogP contribution is -2.46. The van der Waals surface area contributed by atoms with Gasteiger partial charge < -0.3 is 16.0 Å². The van der Waals surface area contributed by atoms with Gasteiger partial charge in [-0.2, -0.15) is 4.98 Å². The van der Waals surface area contributed by atoms with E-state index in [0.717, 1.165) is 21.2 Å². The molecule has 0 radical (unpaired) electrons. The number of hydrogen-bond acceptors (Lipinski definition) is 8. The SMILES string of the molecule is Cc1cc2nc3c(=O)n(CCNNC(N)=S)c(=O)nc-3n(CCNNC(N)=S)c2cc1C. The van der Waals surface area contributed by atoms with Crippen molar-refractivity contribution in [2.45, 2.75) is 26.9 Å². The number of hydrazine groups is 2. The minimum atomic E-state index is -0.674. The molecule has 170 valence electrons. The molecule has 0 bridgehead atoms. The molecule has 14 heteroatoms. The van der Waals surface area contributed by atoms with Crippen molar-refractivity contribution < 1.29 is 0 Å². The molecule has 0 atom stereocenters. The Hall–Kier alpha value is -3.20. The molecule has 0 saturated heterocycles. The van der Waals surface area contributed by atoms with Crippen LogP contribution in [0.3, 0.4) is 0 Å². The molecule has 2 aliphatic rings. The summed E-state index contributed by atoms with van der Waals surface area (Å²) in [6.45, 7) is 5.01. The van der Waals surface area contributed by atoms with Gasteiger partial charge in [-0.25, -0.2) is 20.6 Å². The van der Waals surface area contributed by atoms with E-state index in [1.165, 1.54) is 0 Å². The van der Waals surface area contributed by atoms with Crippen LogP contribution in [0.15, 0.2) is 21.7 Å². The van der Waals surface area contributed by atoms with E-state index < -0.39 is 11.2 Å². The Labute approximate surface area is 193 Å². The molecule has 0 unspecified atom stereocenters. The standard InChI is InChI=1S/C18H24N10O2S2/c1-9-7-11-12(8-10(9)2)27(5-3-21-25-16(19)31)14-13(23-11)15(29)28(18(30)24-14)6-4-22-26-17(20)32/h7-8,21-22H,3-6H2,1-2H3,(H3,19,25,31)(H3,20,26,32). The molecule has 1 aromatic rings. The molecule has 0 amide bonds. The van der Waals surface area contributed by atoms with Crippen molar-refractivity contribution in [2.75, 3.05) is 13.1 Å². The summed E-state index contributed by atoms with van der Waals surface area (Å²) in [4.78, 5) is 34.5.